The van der Waals surface area contributed by atoms with Crippen LogP contribution in [0.2, 0.25) is 0 Å². The van der Waals surface area contributed by atoms with Crippen molar-refractivity contribution in [3.05, 3.63) is 82.7 Å². The zero-order valence-corrected chi connectivity index (χ0v) is 21.9. The Morgan fingerprint density at radius 2 is 1.86 bits per heavy atom. The van der Waals surface area contributed by atoms with E-state index in [-0.39, 0.29) is 29.2 Å². The van der Waals surface area contributed by atoms with Crippen molar-refractivity contribution < 1.29 is 17.9 Å². The highest BCUT2D eigenvalue weighted by Gasteiger charge is 2.34. The second-order valence-electron chi connectivity index (χ2n) is 9.30. The third kappa shape index (κ3) is 4.80. The quantitative estimate of drug-likeness (QED) is 0.410. The van der Waals surface area contributed by atoms with Gasteiger partial charge in [-0.25, -0.2) is 8.42 Å². The van der Waals surface area contributed by atoms with E-state index in [1.165, 1.54) is 0 Å². The van der Waals surface area contributed by atoms with Crippen LogP contribution in [0.5, 0.6) is 5.75 Å². The van der Waals surface area contributed by atoms with Crippen molar-refractivity contribution in [3.8, 4) is 5.75 Å². The topological polar surface area (TPSA) is 68.6 Å². The number of sulfonamides is 1. The number of aryl methyl sites for hydroxylation is 1. The van der Waals surface area contributed by atoms with E-state index < -0.39 is 10.0 Å². The fourth-order valence-electron chi connectivity index (χ4n) is 4.92. The number of nitrogens with zero attached hydrogens (tertiary/aromatic N) is 2. The van der Waals surface area contributed by atoms with Crippen LogP contribution < -0.4 is 4.74 Å². The molecule has 4 rings (SSSR count). The first kappa shape index (κ1) is 25.2. The van der Waals surface area contributed by atoms with Gasteiger partial charge in [-0.1, -0.05) is 44.2 Å². The molecule has 0 saturated heterocycles. The van der Waals surface area contributed by atoms with Crippen LogP contribution in [0.25, 0.3) is 0 Å². The van der Waals surface area contributed by atoms with Gasteiger partial charge < -0.3 is 9.30 Å². The number of carbonyl (C=O) groups is 1. The fourth-order valence-corrected chi connectivity index (χ4v) is 6.49. The van der Waals surface area contributed by atoms with Crippen LogP contribution >= 0.6 is 0 Å². The van der Waals surface area contributed by atoms with E-state index in [0.29, 0.717) is 24.4 Å². The van der Waals surface area contributed by atoms with E-state index in [1.54, 1.807) is 35.5 Å². The Balaban J connectivity index is 1.72. The van der Waals surface area contributed by atoms with Crippen LogP contribution in [0, 0.1) is 6.92 Å². The van der Waals surface area contributed by atoms with Crippen molar-refractivity contribution >= 4 is 15.8 Å². The Labute approximate surface area is 208 Å². The Bertz CT molecular complexity index is 1340. The molecule has 186 valence electrons. The van der Waals surface area contributed by atoms with Crippen molar-refractivity contribution in [2.45, 2.75) is 64.0 Å². The predicted molar refractivity (Wildman–Crippen MR) is 137 cm³/mol. The molecule has 0 fully saturated rings. The molecule has 0 amide bonds. The summed E-state index contributed by atoms with van der Waals surface area (Å²) in [5.41, 5.74) is 4.88. The molecular weight excluding hydrogens is 460 g/mol. The summed E-state index contributed by atoms with van der Waals surface area (Å²) in [6.45, 7) is 8.31. The highest BCUT2D eigenvalue weighted by Crippen LogP contribution is 2.34. The number of hydrogen-bond acceptors (Lipinski definition) is 4. The van der Waals surface area contributed by atoms with E-state index in [0.717, 1.165) is 28.8 Å². The van der Waals surface area contributed by atoms with Gasteiger partial charge in [0.1, 0.15) is 16.7 Å². The van der Waals surface area contributed by atoms with Crippen molar-refractivity contribution in [3.63, 3.8) is 0 Å². The van der Waals surface area contributed by atoms with Gasteiger partial charge in [0.25, 0.3) is 0 Å². The molecule has 0 aliphatic carbocycles. The summed E-state index contributed by atoms with van der Waals surface area (Å²) >= 11 is 0. The predicted octanol–water partition coefficient (Wildman–Crippen LogP) is 5.44. The smallest absolute Gasteiger partial charge is 0.247 e. The first-order valence-corrected chi connectivity index (χ1v) is 13.6. The van der Waals surface area contributed by atoms with Gasteiger partial charge in [-0.05, 0) is 60.7 Å². The molecule has 7 heteroatoms. The molecule has 0 spiro atoms. The van der Waals surface area contributed by atoms with Crippen molar-refractivity contribution in [1.82, 2.24) is 8.87 Å². The van der Waals surface area contributed by atoms with Crippen LogP contribution in [-0.4, -0.2) is 35.7 Å². The van der Waals surface area contributed by atoms with Gasteiger partial charge >= 0.3 is 0 Å². The highest BCUT2D eigenvalue weighted by molar-refractivity contribution is 7.89. The summed E-state index contributed by atoms with van der Waals surface area (Å²) in [6.07, 6.45) is 1.36. The Morgan fingerprint density at radius 1 is 1.11 bits per heavy atom. The Hall–Kier alpha value is -2.90. The van der Waals surface area contributed by atoms with Gasteiger partial charge in [0.2, 0.25) is 10.0 Å². The van der Waals surface area contributed by atoms with Crippen LogP contribution in [0.1, 0.15) is 72.4 Å². The maximum absolute atomic E-state index is 13.6. The third-order valence-corrected chi connectivity index (χ3v) is 8.88. The van der Waals surface area contributed by atoms with Gasteiger partial charge in [-0.15, -0.1) is 0 Å². The molecule has 1 aliphatic rings. The standard InChI is InChI=1S/C28H34N2O4S/c1-6-23-18-30(35(32,33)28-11-9-8-10-27(28)34-23)17-22-16-21(13-12-19(22)3)24(7-2)26-15-14-25(20(4)31)29(26)5/h8-16,23-24H,6-7,17-18H2,1-5H3/t23-,24?/m1/s1. The van der Waals surface area contributed by atoms with Crippen molar-refractivity contribution in [2.75, 3.05) is 6.54 Å². The molecule has 2 atom stereocenters. The fraction of sp³-hybridized carbons (Fsp3) is 0.393. The van der Waals surface area contributed by atoms with E-state index in [9.17, 15) is 13.2 Å². The highest BCUT2D eigenvalue weighted by atomic mass is 32.2. The molecule has 1 unspecified atom stereocenters. The number of carbonyl (C=O) groups excluding carboxylic acids is 1. The van der Waals surface area contributed by atoms with Crippen molar-refractivity contribution in [1.29, 1.82) is 0 Å². The SMILES string of the molecule is CCC(c1ccc(C)c(CN2C[C@@H](CC)Oc3ccccc3S2(=O)=O)c1)c1ccc(C(C)=O)n1C. The molecule has 2 aromatic carbocycles. The first-order valence-electron chi connectivity index (χ1n) is 12.2. The molecule has 3 aromatic rings. The maximum atomic E-state index is 13.6. The zero-order chi connectivity index (χ0) is 25.3. The molecular formula is C28H34N2O4S. The maximum Gasteiger partial charge on any atom is 0.247 e. The molecule has 2 heterocycles. The number of benzene rings is 2. The number of aromatic nitrogens is 1. The molecule has 1 aromatic heterocycles. The van der Waals surface area contributed by atoms with Gasteiger partial charge in [0, 0.05) is 32.1 Å². The van der Waals surface area contributed by atoms with Crippen LogP contribution in [-0.2, 0) is 23.6 Å². The van der Waals surface area contributed by atoms with Gasteiger partial charge in [0.15, 0.2) is 5.78 Å². The number of ether oxygens (including phenoxy) is 1. The normalized spacial score (nSPS) is 18.4. The van der Waals surface area contributed by atoms with Gasteiger partial charge in [0.05, 0.1) is 12.2 Å². The summed E-state index contributed by atoms with van der Waals surface area (Å²) in [5, 5.41) is 0. The Kier molecular flexibility index (Phi) is 7.20. The zero-order valence-electron chi connectivity index (χ0n) is 21.1. The second-order valence-corrected chi connectivity index (χ2v) is 11.2. The molecule has 0 N–H and O–H groups in total. The molecule has 6 nitrogen and oxygen atoms in total. The summed E-state index contributed by atoms with van der Waals surface area (Å²) in [6, 6.07) is 17.1. The summed E-state index contributed by atoms with van der Waals surface area (Å²) in [7, 11) is -1.79. The largest absolute Gasteiger partial charge is 0.488 e. The van der Waals surface area contributed by atoms with Gasteiger partial charge in [-0.2, -0.15) is 4.31 Å². The average molecular weight is 495 g/mol. The number of hydrogen-bond donors (Lipinski definition) is 0. The summed E-state index contributed by atoms with van der Waals surface area (Å²) < 4.78 is 36.8. The van der Waals surface area contributed by atoms with E-state index in [1.807, 2.05) is 37.6 Å². The summed E-state index contributed by atoms with van der Waals surface area (Å²) in [5.74, 6) is 0.557. The van der Waals surface area contributed by atoms with Crippen LogP contribution in [0.4, 0.5) is 0 Å². The summed E-state index contributed by atoms with van der Waals surface area (Å²) in [4.78, 5) is 12.2. The molecule has 0 bridgehead atoms. The minimum atomic E-state index is -3.71. The van der Waals surface area contributed by atoms with Crippen LogP contribution in [0.15, 0.2) is 59.5 Å². The van der Waals surface area contributed by atoms with Gasteiger partial charge in [-0.3, -0.25) is 4.79 Å². The Morgan fingerprint density at radius 3 is 2.51 bits per heavy atom. The molecule has 0 saturated carbocycles. The van der Waals surface area contributed by atoms with E-state index in [4.69, 9.17) is 4.74 Å². The lowest BCUT2D eigenvalue weighted by molar-refractivity contribution is 0.100. The number of fused-ring (bicyclic) bond motifs is 1. The lowest BCUT2D eigenvalue weighted by Crippen LogP contribution is -2.36. The van der Waals surface area contributed by atoms with E-state index in [2.05, 4.69) is 25.1 Å². The molecule has 35 heavy (non-hydrogen) atoms. The third-order valence-electron chi connectivity index (χ3n) is 7.03. The minimum Gasteiger partial charge on any atom is -0.488 e. The average Bonchev–Trinajstić information content (AvgIpc) is 3.17. The first-order chi connectivity index (χ1) is 16.7. The lowest BCUT2D eigenvalue weighted by Gasteiger charge is -2.24. The number of ketones is 1. The molecule has 1 aliphatic heterocycles. The van der Waals surface area contributed by atoms with E-state index >= 15 is 0 Å². The minimum absolute atomic E-state index is 0.0394. The molecule has 0 radical (unpaired) electrons. The number of Topliss-reactive ketones (excluding diaryl/α,β-unsaturated/α-hetero) is 1. The lowest BCUT2D eigenvalue weighted by atomic mass is 9.90. The second kappa shape index (κ2) is 9.99. The number of para-hydroxylation sites is 1. The van der Waals surface area contributed by atoms with Crippen LogP contribution in [0.3, 0.4) is 0 Å². The number of rotatable bonds is 7. The monoisotopic (exact) mass is 494 g/mol. The van der Waals surface area contributed by atoms with Crippen molar-refractivity contribution in [2.24, 2.45) is 7.05 Å².